The summed E-state index contributed by atoms with van der Waals surface area (Å²) in [4.78, 5) is 4.36. The molecule has 0 radical (unpaired) electrons. The summed E-state index contributed by atoms with van der Waals surface area (Å²) in [6, 6.07) is 4.11. The maximum atomic E-state index is 5.58. The van der Waals surface area contributed by atoms with Gasteiger partial charge in [0.25, 0.3) is 0 Å². The molecule has 1 aliphatic heterocycles. The number of rotatable bonds is 6. The molecule has 0 aliphatic carbocycles. The third-order valence-electron chi connectivity index (χ3n) is 2.54. The lowest BCUT2D eigenvalue weighted by molar-refractivity contribution is -0.135. The molecule has 0 amide bonds. The number of pyridine rings is 1. The minimum Gasteiger partial charge on any atom is -0.376 e. The molecule has 0 spiro atoms. The van der Waals surface area contributed by atoms with Gasteiger partial charge in [-0.25, -0.2) is 0 Å². The molecule has 0 aromatic carbocycles. The lowest BCUT2D eigenvalue weighted by Gasteiger charge is -2.25. The van der Waals surface area contributed by atoms with E-state index in [1.54, 1.807) is 0 Å². The van der Waals surface area contributed by atoms with Crippen LogP contribution in [0.5, 0.6) is 0 Å². The van der Waals surface area contributed by atoms with Crippen LogP contribution in [-0.2, 0) is 22.6 Å². The molecule has 4 heteroatoms. The number of ether oxygens (including phenoxy) is 2. The van der Waals surface area contributed by atoms with Gasteiger partial charge in [-0.2, -0.15) is 0 Å². The van der Waals surface area contributed by atoms with Crippen LogP contribution in [-0.4, -0.2) is 30.8 Å². The first-order chi connectivity index (χ1) is 7.88. The molecule has 0 saturated carbocycles. The van der Waals surface area contributed by atoms with E-state index in [-0.39, 0.29) is 6.10 Å². The maximum Gasteiger partial charge on any atom is 0.105 e. The molecule has 2 heterocycles. The zero-order chi connectivity index (χ0) is 11.2. The van der Waals surface area contributed by atoms with Crippen molar-refractivity contribution in [1.82, 2.24) is 10.3 Å². The average Bonchev–Trinajstić information content (AvgIpc) is 2.26. The van der Waals surface area contributed by atoms with Crippen molar-refractivity contribution in [3.8, 4) is 0 Å². The minimum atomic E-state index is 0.267. The van der Waals surface area contributed by atoms with Crippen molar-refractivity contribution in [1.29, 1.82) is 0 Å². The predicted octanol–water partition coefficient (Wildman–Crippen LogP) is 1.11. The molecule has 1 aromatic rings. The summed E-state index contributed by atoms with van der Waals surface area (Å²) in [7, 11) is 0. The summed E-state index contributed by atoms with van der Waals surface area (Å²) in [5.74, 6) is 0. The van der Waals surface area contributed by atoms with Gasteiger partial charge in [-0.05, 0) is 18.2 Å². The Hall–Kier alpha value is -0.970. The second kappa shape index (κ2) is 5.94. The molecule has 0 bridgehead atoms. The topological polar surface area (TPSA) is 43.4 Å². The standard InChI is InChI=1S/C12H18N2O2/c1-2-13-5-10-3-4-11(14-6-10)7-16-12-8-15-9-12/h3-4,6,12-13H,2,5,7-9H2,1H3. The van der Waals surface area contributed by atoms with E-state index in [0.29, 0.717) is 6.61 Å². The van der Waals surface area contributed by atoms with E-state index in [0.717, 1.165) is 32.0 Å². The Morgan fingerprint density at radius 1 is 1.50 bits per heavy atom. The first-order valence-electron chi connectivity index (χ1n) is 5.72. The largest absolute Gasteiger partial charge is 0.376 e. The Balaban J connectivity index is 1.76. The second-order valence-corrected chi connectivity index (χ2v) is 3.91. The van der Waals surface area contributed by atoms with Gasteiger partial charge >= 0.3 is 0 Å². The molecule has 88 valence electrons. The second-order valence-electron chi connectivity index (χ2n) is 3.91. The van der Waals surface area contributed by atoms with E-state index >= 15 is 0 Å². The van der Waals surface area contributed by atoms with Crippen LogP contribution in [0.25, 0.3) is 0 Å². The van der Waals surface area contributed by atoms with Gasteiger partial charge in [0, 0.05) is 12.7 Å². The molecular weight excluding hydrogens is 204 g/mol. The average molecular weight is 222 g/mol. The highest BCUT2D eigenvalue weighted by Gasteiger charge is 2.18. The van der Waals surface area contributed by atoms with Gasteiger partial charge in [0.1, 0.15) is 6.10 Å². The third kappa shape index (κ3) is 3.27. The van der Waals surface area contributed by atoms with Gasteiger partial charge in [-0.3, -0.25) is 4.98 Å². The zero-order valence-corrected chi connectivity index (χ0v) is 9.61. The highest BCUT2D eigenvalue weighted by atomic mass is 16.6. The first kappa shape index (κ1) is 11.5. The number of nitrogens with one attached hydrogen (secondary N) is 1. The Morgan fingerprint density at radius 2 is 2.38 bits per heavy atom. The van der Waals surface area contributed by atoms with Crippen molar-refractivity contribution in [2.45, 2.75) is 26.2 Å². The van der Waals surface area contributed by atoms with Crippen LogP contribution < -0.4 is 5.32 Å². The number of hydrogen-bond acceptors (Lipinski definition) is 4. The quantitative estimate of drug-likeness (QED) is 0.783. The van der Waals surface area contributed by atoms with Crippen LogP contribution in [0, 0.1) is 0 Å². The fourth-order valence-corrected chi connectivity index (χ4v) is 1.43. The lowest BCUT2D eigenvalue weighted by atomic mass is 10.2. The summed E-state index contributed by atoms with van der Waals surface area (Å²) in [5, 5.41) is 3.26. The van der Waals surface area contributed by atoms with Crippen LogP contribution in [0.15, 0.2) is 18.3 Å². The van der Waals surface area contributed by atoms with Crippen molar-refractivity contribution in [3.05, 3.63) is 29.6 Å². The predicted molar refractivity (Wildman–Crippen MR) is 61.0 cm³/mol. The van der Waals surface area contributed by atoms with Gasteiger partial charge in [-0.15, -0.1) is 0 Å². The molecule has 1 aliphatic rings. The molecular formula is C12H18N2O2. The lowest BCUT2D eigenvalue weighted by Crippen LogP contribution is -2.35. The summed E-state index contributed by atoms with van der Waals surface area (Å²) in [6.45, 7) is 5.97. The van der Waals surface area contributed by atoms with Crippen molar-refractivity contribution >= 4 is 0 Å². The van der Waals surface area contributed by atoms with Crippen molar-refractivity contribution in [3.63, 3.8) is 0 Å². The normalized spacial score (nSPS) is 16.1. The molecule has 1 N–H and O–H groups in total. The van der Waals surface area contributed by atoms with Gasteiger partial charge < -0.3 is 14.8 Å². The Kier molecular flexibility index (Phi) is 4.27. The van der Waals surface area contributed by atoms with Crippen molar-refractivity contribution < 1.29 is 9.47 Å². The fraction of sp³-hybridized carbons (Fsp3) is 0.583. The van der Waals surface area contributed by atoms with Crippen LogP contribution in [0.1, 0.15) is 18.2 Å². The molecule has 4 nitrogen and oxygen atoms in total. The maximum absolute atomic E-state index is 5.58. The van der Waals surface area contributed by atoms with E-state index in [1.807, 2.05) is 12.3 Å². The summed E-state index contributed by atoms with van der Waals surface area (Å²) >= 11 is 0. The molecule has 2 rings (SSSR count). The highest BCUT2D eigenvalue weighted by Crippen LogP contribution is 2.09. The number of aromatic nitrogens is 1. The van der Waals surface area contributed by atoms with Crippen molar-refractivity contribution in [2.24, 2.45) is 0 Å². The first-order valence-corrected chi connectivity index (χ1v) is 5.72. The molecule has 0 unspecified atom stereocenters. The Labute approximate surface area is 96.0 Å². The van der Waals surface area contributed by atoms with E-state index < -0.39 is 0 Å². The smallest absolute Gasteiger partial charge is 0.105 e. The third-order valence-corrected chi connectivity index (χ3v) is 2.54. The summed E-state index contributed by atoms with van der Waals surface area (Å²) in [6.07, 6.45) is 2.17. The Morgan fingerprint density at radius 3 is 2.94 bits per heavy atom. The van der Waals surface area contributed by atoms with E-state index in [2.05, 4.69) is 23.3 Å². The minimum absolute atomic E-state index is 0.267. The van der Waals surface area contributed by atoms with Gasteiger partial charge in [-0.1, -0.05) is 13.0 Å². The van der Waals surface area contributed by atoms with Crippen LogP contribution in [0.3, 0.4) is 0 Å². The van der Waals surface area contributed by atoms with Crippen LogP contribution in [0.2, 0.25) is 0 Å². The fourth-order valence-electron chi connectivity index (χ4n) is 1.43. The number of hydrogen-bond donors (Lipinski definition) is 1. The highest BCUT2D eigenvalue weighted by molar-refractivity contribution is 5.13. The monoisotopic (exact) mass is 222 g/mol. The SMILES string of the molecule is CCNCc1ccc(COC2COC2)nc1. The van der Waals surface area contributed by atoms with Crippen LogP contribution in [0.4, 0.5) is 0 Å². The molecule has 0 atom stereocenters. The number of nitrogens with zero attached hydrogens (tertiary/aromatic N) is 1. The van der Waals surface area contributed by atoms with Gasteiger partial charge in [0.05, 0.1) is 25.5 Å². The summed E-state index contributed by atoms with van der Waals surface area (Å²) in [5.41, 5.74) is 2.18. The molecule has 16 heavy (non-hydrogen) atoms. The summed E-state index contributed by atoms with van der Waals surface area (Å²) < 4.78 is 10.6. The van der Waals surface area contributed by atoms with E-state index in [1.165, 1.54) is 5.56 Å². The van der Waals surface area contributed by atoms with Gasteiger partial charge in [0.2, 0.25) is 0 Å². The molecule has 1 aromatic heterocycles. The Bertz CT molecular complexity index is 309. The van der Waals surface area contributed by atoms with Crippen LogP contribution >= 0.6 is 0 Å². The molecule has 1 fully saturated rings. The van der Waals surface area contributed by atoms with E-state index in [4.69, 9.17) is 9.47 Å². The molecule has 1 saturated heterocycles. The zero-order valence-electron chi connectivity index (χ0n) is 9.61. The van der Waals surface area contributed by atoms with Gasteiger partial charge in [0.15, 0.2) is 0 Å². The van der Waals surface area contributed by atoms with E-state index in [9.17, 15) is 0 Å². The van der Waals surface area contributed by atoms with Crippen molar-refractivity contribution in [2.75, 3.05) is 19.8 Å².